The molecule has 0 unspecified atom stereocenters. The Labute approximate surface area is 101 Å². The minimum Gasteiger partial charge on any atom is -0.349 e. The summed E-state index contributed by atoms with van der Waals surface area (Å²) in [4.78, 5) is 12.0. The summed E-state index contributed by atoms with van der Waals surface area (Å²) in [6.45, 7) is 2.58. The summed E-state index contributed by atoms with van der Waals surface area (Å²) in [7, 11) is 1.79. The van der Waals surface area contributed by atoms with Crippen molar-refractivity contribution in [2.24, 2.45) is 12.8 Å². The molecule has 1 aromatic rings. The summed E-state index contributed by atoms with van der Waals surface area (Å²) < 4.78 is 1.62. The van der Waals surface area contributed by atoms with Gasteiger partial charge in [0.1, 0.15) is 5.69 Å². The largest absolute Gasteiger partial charge is 0.349 e. The number of aryl methyl sites for hydroxylation is 2. The maximum Gasteiger partial charge on any atom is 0.269 e. The second-order valence-electron chi connectivity index (χ2n) is 4.90. The Kier molecular flexibility index (Phi) is 3.19. The van der Waals surface area contributed by atoms with Crippen molar-refractivity contribution in [2.75, 3.05) is 6.54 Å². The molecule has 0 atom stereocenters. The minimum atomic E-state index is -0.179. The molecule has 1 saturated carbocycles. The molecule has 0 bridgehead atoms. The first kappa shape index (κ1) is 12.1. The summed E-state index contributed by atoms with van der Waals surface area (Å²) in [6, 6.07) is 1.83. The summed E-state index contributed by atoms with van der Waals surface area (Å²) >= 11 is 0. The Morgan fingerprint density at radius 2 is 2.35 bits per heavy atom. The van der Waals surface area contributed by atoms with Crippen molar-refractivity contribution in [3.8, 4) is 0 Å². The van der Waals surface area contributed by atoms with Gasteiger partial charge in [0, 0.05) is 19.1 Å². The predicted octanol–water partition coefficient (Wildman–Crippen LogP) is 0.594. The fourth-order valence-corrected chi connectivity index (χ4v) is 2.07. The van der Waals surface area contributed by atoms with Crippen molar-refractivity contribution < 1.29 is 4.79 Å². The first-order valence-corrected chi connectivity index (χ1v) is 6.14. The molecule has 0 aromatic carbocycles. The molecule has 1 heterocycles. The average Bonchev–Trinajstić information content (AvgIpc) is 2.65. The molecule has 3 N–H and O–H groups in total. The quantitative estimate of drug-likeness (QED) is 0.803. The summed E-state index contributed by atoms with van der Waals surface area (Å²) in [6.07, 6.45) is 4.00. The van der Waals surface area contributed by atoms with Crippen LogP contribution in [-0.4, -0.2) is 27.8 Å². The van der Waals surface area contributed by atoms with E-state index in [1.807, 2.05) is 13.0 Å². The fourth-order valence-electron chi connectivity index (χ4n) is 2.07. The van der Waals surface area contributed by atoms with Gasteiger partial charge in [0.15, 0.2) is 0 Å². The highest BCUT2D eigenvalue weighted by molar-refractivity contribution is 5.92. The molecule has 1 aliphatic rings. The molecule has 0 radical (unpaired) electrons. The molecule has 5 nitrogen and oxygen atoms in total. The van der Waals surface area contributed by atoms with Crippen LogP contribution in [0.15, 0.2) is 6.07 Å². The van der Waals surface area contributed by atoms with Crippen LogP contribution < -0.4 is 11.1 Å². The smallest absolute Gasteiger partial charge is 0.269 e. The van der Waals surface area contributed by atoms with E-state index in [1.165, 1.54) is 0 Å². The number of carbonyl (C=O) groups is 1. The number of carbonyl (C=O) groups excluding carboxylic acids is 1. The van der Waals surface area contributed by atoms with E-state index in [0.717, 1.165) is 31.4 Å². The zero-order chi connectivity index (χ0) is 12.5. The lowest BCUT2D eigenvalue weighted by atomic mass is 9.78. The standard InChI is InChI=1S/C12H20N4O/c1-3-9-7-10(16(2)15-9)11(17)14-8-12(13)5-4-6-12/h7H,3-6,8,13H2,1-2H3,(H,14,17). The van der Waals surface area contributed by atoms with Gasteiger partial charge in [-0.05, 0) is 31.7 Å². The van der Waals surface area contributed by atoms with Crippen molar-refractivity contribution >= 4 is 5.91 Å². The topological polar surface area (TPSA) is 72.9 Å². The lowest BCUT2D eigenvalue weighted by Gasteiger charge is -2.38. The number of hydrogen-bond donors (Lipinski definition) is 2. The van der Waals surface area contributed by atoms with Crippen LogP contribution in [0.2, 0.25) is 0 Å². The van der Waals surface area contributed by atoms with Crippen molar-refractivity contribution in [3.05, 3.63) is 17.5 Å². The van der Waals surface area contributed by atoms with Crippen LogP contribution in [0.5, 0.6) is 0 Å². The first-order chi connectivity index (χ1) is 8.04. The van der Waals surface area contributed by atoms with Crippen LogP contribution in [-0.2, 0) is 13.5 Å². The van der Waals surface area contributed by atoms with E-state index in [-0.39, 0.29) is 11.4 Å². The van der Waals surface area contributed by atoms with E-state index in [9.17, 15) is 4.79 Å². The van der Waals surface area contributed by atoms with E-state index in [2.05, 4.69) is 10.4 Å². The van der Waals surface area contributed by atoms with E-state index in [4.69, 9.17) is 5.73 Å². The van der Waals surface area contributed by atoms with Gasteiger partial charge in [-0.3, -0.25) is 9.48 Å². The highest BCUT2D eigenvalue weighted by atomic mass is 16.2. The van der Waals surface area contributed by atoms with Crippen LogP contribution in [0, 0.1) is 0 Å². The number of nitrogens with two attached hydrogens (primary N) is 1. The molecule has 0 aliphatic heterocycles. The lowest BCUT2D eigenvalue weighted by Crippen LogP contribution is -2.55. The highest BCUT2D eigenvalue weighted by Gasteiger charge is 2.32. The molecule has 1 aliphatic carbocycles. The van der Waals surface area contributed by atoms with Crippen LogP contribution in [0.3, 0.4) is 0 Å². The highest BCUT2D eigenvalue weighted by Crippen LogP contribution is 2.28. The Hall–Kier alpha value is -1.36. The number of rotatable bonds is 4. The van der Waals surface area contributed by atoms with Crippen LogP contribution in [0.4, 0.5) is 0 Å². The van der Waals surface area contributed by atoms with Gasteiger partial charge in [0.2, 0.25) is 0 Å². The maximum absolute atomic E-state index is 12.0. The SMILES string of the molecule is CCc1cc(C(=O)NCC2(N)CCC2)n(C)n1. The zero-order valence-corrected chi connectivity index (χ0v) is 10.5. The molecule has 5 heteroatoms. The summed E-state index contributed by atoms with van der Waals surface area (Å²) in [5.41, 5.74) is 7.42. The molecule has 94 valence electrons. The van der Waals surface area contributed by atoms with Crippen LogP contribution in [0.25, 0.3) is 0 Å². The van der Waals surface area contributed by atoms with E-state index < -0.39 is 0 Å². The Morgan fingerprint density at radius 1 is 1.65 bits per heavy atom. The molecule has 17 heavy (non-hydrogen) atoms. The van der Waals surface area contributed by atoms with E-state index >= 15 is 0 Å². The molecule has 2 rings (SSSR count). The molecular weight excluding hydrogens is 216 g/mol. The Bertz CT molecular complexity index is 420. The number of amides is 1. The second kappa shape index (κ2) is 4.49. The summed E-state index contributed by atoms with van der Waals surface area (Å²) in [5.74, 6) is -0.0866. The molecule has 0 spiro atoms. The van der Waals surface area contributed by atoms with Crippen molar-refractivity contribution in [3.63, 3.8) is 0 Å². The second-order valence-corrected chi connectivity index (χ2v) is 4.90. The third-order valence-electron chi connectivity index (χ3n) is 3.48. The normalized spacial score (nSPS) is 17.6. The minimum absolute atomic E-state index is 0.0866. The molecular formula is C12H20N4O. The maximum atomic E-state index is 12.0. The van der Waals surface area contributed by atoms with Crippen LogP contribution >= 0.6 is 0 Å². The van der Waals surface area contributed by atoms with Crippen molar-refractivity contribution in [1.82, 2.24) is 15.1 Å². The Balaban J connectivity index is 1.96. The van der Waals surface area contributed by atoms with Gasteiger partial charge in [0.25, 0.3) is 5.91 Å². The average molecular weight is 236 g/mol. The molecule has 1 amide bonds. The fraction of sp³-hybridized carbons (Fsp3) is 0.667. The van der Waals surface area contributed by atoms with Gasteiger partial charge in [0.05, 0.1) is 5.69 Å². The van der Waals surface area contributed by atoms with E-state index in [1.54, 1.807) is 11.7 Å². The first-order valence-electron chi connectivity index (χ1n) is 6.14. The molecule has 0 saturated heterocycles. The van der Waals surface area contributed by atoms with Gasteiger partial charge in [-0.15, -0.1) is 0 Å². The van der Waals surface area contributed by atoms with E-state index in [0.29, 0.717) is 12.2 Å². The Morgan fingerprint density at radius 3 is 2.82 bits per heavy atom. The van der Waals surface area contributed by atoms with Gasteiger partial charge in [-0.1, -0.05) is 6.92 Å². The predicted molar refractivity (Wildman–Crippen MR) is 65.7 cm³/mol. The van der Waals surface area contributed by atoms with Crippen LogP contribution in [0.1, 0.15) is 42.4 Å². The number of nitrogens with one attached hydrogen (secondary N) is 1. The summed E-state index contributed by atoms with van der Waals surface area (Å²) in [5, 5.41) is 7.15. The van der Waals surface area contributed by atoms with Gasteiger partial charge in [-0.25, -0.2) is 0 Å². The van der Waals surface area contributed by atoms with Gasteiger partial charge < -0.3 is 11.1 Å². The lowest BCUT2D eigenvalue weighted by molar-refractivity contribution is 0.0920. The van der Waals surface area contributed by atoms with Crippen molar-refractivity contribution in [1.29, 1.82) is 0 Å². The number of nitrogens with zero attached hydrogens (tertiary/aromatic N) is 2. The van der Waals surface area contributed by atoms with Gasteiger partial charge in [-0.2, -0.15) is 5.10 Å². The van der Waals surface area contributed by atoms with Gasteiger partial charge >= 0.3 is 0 Å². The molecule has 1 aromatic heterocycles. The monoisotopic (exact) mass is 236 g/mol. The third kappa shape index (κ3) is 2.49. The third-order valence-corrected chi connectivity index (χ3v) is 3.48. The number of hydrogen-bond acceptors (Lipinski definition) is 3. The zero-order valence-electron chi connectivity index (χ0n) is 10.5. The molecule has 1 fully saturated rings. The van der Waals surface area contributed by atoms with Crippen molar-refractivity contribution in [2.45, 2.75) is 38.1 Å². The number of aromatic nitrogens is 2.